The van der Waals surface area contributed by atoms with Crippen molar-refractivity contribution >= 4 is 6.29 Å². The van der Waals surface area contributed by atoms with Gasteiger partial charge in [-0.2, -0.15) is 0 Å². The second-order valence-corrected chi connectivity index (χ2v) is 4.04. The van der Waals surface area contributed by atoms with Crippen LogP contribution in [-0.4, -0.2) is 30.3 Å². The molecule has 68 valence electrons. The number of hydrogen-bond acceptors (Lipinski definition) is 2. The summed E-state index contributed by atoms with van der Waals surface area (Å²) < 4.78 is 0. The average Bonchev–Trinajstić information content (AvgIpc) is 2.17. The van der Waals surface area contributed by atoms with Crippen molar-refractivity contribution in [3.8, 4) is 0 Å². The van der Waals surface area contributed by atoms with Gasteiger partial charge in [-0.3, -0.25) is 4.90 Å². The van der Waals surface area contributed by atoms with E-state index in [1.807, 2.05) is 0 Å². The Balaban J connectivity index is 2.03. The topological polar surface area (TPSA) is 20.3 Å². The van der Waals surface area contributed by atoms with Crippen molar-refractivity contribution in [1.82, 2.24) is 4.90 Å². The molecule has 2 saturated heterocycles. The Morgan fingerprint density at radius 3 is 2.75 bits per heavy atom. The zero-order chi connectivity index (χ0) is 8.39. The molecule has 2 heterocycles. The highest BCUT2D eigenvalue weighted by molar-refractivity contribution is 5.55. The van der Waals surface area contributed by atoms with Crippen LogP contribution in [-0.2, 0) is 4.79 Å². The lowest BCUT2D eigenvalue weighted by Crippen LogP contribution is -2.48. The first kappa shape index (κ1) is 8.24. The predicted octanol–water partition coefficient (Wildman–Crippen LogP) is 1.45. The molecule has 0 aromatic carbocycles. The van der Waals surface area contributed by atoms with E-state index in [2.05, 4.69) is 4.90 Å². The first-order valence-electron chi connectivity index (χ1n) is 5.11. The standard InChI is InChI=1S/C10H17NO/c12-8-9-4-3-7-11-6-2-1-5-10(9)11/h8-10H,1-7H2. The first-order valence-corrected chi connectivity index (χ1v) is 5.11. The Labute approximate surface area is 73.9 Å². The van der Waals surface area contributed by atoms with Gasteiger partial charge in [-0.1, -0.05) is 6.42 Å². The molecule has 2 fully saturated rings. The fourth-order valence-corrected chi connectivity index (χ4v) is 2.66. The van der Waals surface area contributed by atoms with E-state index in [1.54, 1.807) is 0 Å². The molecule has 0 amide bonds. The zero-order valence-electron chi connectivity index (χ0n) is 7.54. The van der Waals surface area contributed by atoms with Crippen LogP contribution < -0.4 is 0 Å². The summed E-state index contributed by atoms with van der Waals surface area (Å²) in [7, 11) is 0. The average molecular weight is 167 g/mol. The largest absolute Gasteiger partial charge is 0.303 e. The second kappa shape index (κ2) is 3.56. The quantitative estimate of drug-likeness (QED) is 0.551. The van der Waals surface area contributed by atoms with Gasteiger partial charge in [0.25, 0.3) is 0 Å². The Hall–Kier alpha value is -0.370. The molecule has 12 heavy (non-hydrogen) atoms. The van der Waals surface area contributed by atoms with Crippen LogP contribution in [0.1, 0.15) is 32.1 Å². The number of hydrogen-bond donors (Lipinski definition) is 0. The second-order valence-electron chi connectivity index (χ2n) is 4.04. The Morgan fingerprint density at radius 1 is 1.08 bits per heavy atom. The maximum atomic E-state index is 10.8. The third-order valence-corrected chi connectivity index (χ3v) is 3.32. The van der Waals surface area contributed by atoms with E-state index in [1.165, 1.54) is 45.1 Å². The molecule has 2 nitrogen and oxygen atoms in total. The summed E-state index contributed by atoms with van der Waals surface area (Å²) >= 11 is 0. The summed E-state index contributed by atoms with van der Waals surface area (Å²) in [6.45, 7) is 2.46. The fourth-order valence-electron chi connectivity index (χ4n) is 2.66. The van der Waals surface area contributed by atoms with Gasteiger partial charge >= 0.3 is 0 Å². The molecule has 0 aliphatic carbocycles. The molecule has 0 N–H and O–H groups in total. The number of carbonyl (C=O) groups is 1. The fraction of sp³-hybridized carbons (Fsp3) is 0.900. The molecule has 0 aromatic heterocycles. The molecule has 2 aliphatic rings. The summed E-state index contributed by atoms with van der Waals surface area (Å²) in [5.74, 6) is 0.346. The van der Waals surface area contributed by atoms with Gasteiger partial charge in [-0.15, -0.1) is 0 Å². The van der Waals surface area contributed by atoms with Crippen LogP contribution in [0.4, 0.5) is 0 Å². The SMILES string of the molecule is O=CC1CCCN2CCCCC12. The molecular weight excluding hydrogens is 150 g/mol. The molecule has 2 aliphatic heterocycles. The maximum absolute atomic E-state index is 10.8. The van der Waals surface area contributed by atoms with E-state index in [9.17, 15) is 4.79 Å². The van der Waals surface area contributed by atoms with E-state index >= 15 is 0 Å². The first-order chi connectivity index (χ1) is 5.92. The van der Waals surface area contributed by atoms with Gasteiger partial charge < -0.3 is 4.79 Å². The molecule has 0 saturated carbocycles. The van der Waals surface area contributed by atoms with Crippen LogP contribution in [0.25, 0.3) is 0 Å². The van der Waals surface area contributed by atoms with Gasteiger partial charge in [-0.25, -0.2) is 0 Å². The van der Waals surface area contributed by atoms with Gasteiger partial charge in [0.05, 0.1) is 0 Å². The predicted molar refractivity (Wildman–Crippen MR) is 48.0 cm³/mol. The van der Waals surface area contributed by atoms with Crippen molar-refractivity contribution in [2.24, 2.45) is 5.92 Å². The minimum atomic E-state index is 0.346. The van der Waals surface area contributed by atoms with Crippen LogP contribution in [0.15, 0.2) is 0 Å². The summed E-state index contributed by atoms with van der Waals surface area (Å²) in [4.78, 5) is 13.3. The number of nitrogens with zero attached hydrogens (tertiary/aromatic N) is 1. The molecule has 2 atom stereocenters. The molecule has 0 aromatic rings. The van der Waals surface area contributed by atoms with Crippen molar-refractivity contribution in [2.45, 2.75) is 38.1 Å². The number of fused-ring (bicyclic) bond motifs is 1. The van der Waals surface area contributed by atoms with E-state index in [4.69, 9.17) is 0 Å². The van der Waals surface area contributed by atoms with Gasteiger partial charge in [0.15, 0.2) is 0 Å². The number of rotatable bonds is 1. The lowest BCUT2D eigenvalue weighted by Gasteiger charge is -2.42. The van der Waals surface area contributed by atoms with Crippen molar-refractivity contribution in [3.05, 3.63) is 0 Å². The van der Waals surface area contributed by atoms with Gasteiger partial charge in [-0.05, 0) is 38.8 Å². The Morgan fingerprint density at radius 2 is 1.92 bits per heavy atom. The summed E-state index contributed by atoms with van der Waals surface area (Å²) in [5, 5.41) is 0. The van der Waals surface area contributed by atoms with E-state index < -0.39 is 0 Å². The molecule has 2 rings (SSSR count). The van der Waals surface area contributed by atoms with Gasteiger partial charge in [0.1, 0.15) is 6.29 Å². The van der Waals surface area contributed by atoms with Gasteiger partial charge in [0, 0.05) is 12.0 Å². The summed E-state index contributed by atoms with van der Waals surface area (Å²) in [6.07, 6.45) is 7.45. The monoisotopic (exact) mass is 167 g/mol. The maximum Gasteiger partial charge on any atom is 0.124 e. The zero-order valence-corrected chi connectivity index (χ0v) is 7.54. The van der Waals surface area contributed by atoms with Crippen LogP contribution in [0.2, 0.25) is 0 Å². The lowest BCUT2D eigenvalue weighted by atomic mass is 9.84. The highest BCUT2D eigenvalue weighted by Crippen LogP contribution is 2.29. The minimum Gasteiger partial charge on any atom is -0.303 e. The van der Waals surface area contributed by atoms with E-state index in [0.29, 0.717) is 12.0 Å². The molecule has 2 heteroatoms. The molecule has 0 radical (unpaired) electrons. The highest BCUT2D eigenvalue weighted by Gasteiger charge is 2.32. The van der Waals surface area contributed by atoms with E-state index in [-0.39, 0.29) is 0 Å². The highest BCUT2D eigenvalue weighted by atomic mass is 16.1. The van der Waals surface area contributed by atoms with Crippen LogP contribution in [0.3, 0.4) is 0 Å². The van der Waals surface area contributed by atoms with Crippen molar-refractivity contribution in [1.29, 1.82) is 0 Å². The smallest absolute Gasteiger partial charge is 0.124 e. The van der Waals surface area contributed by atoms with Crippen LogP contribution in [0, 0.1) is 5.92 Å². The van der Waals surface area contributed by atoms with Crippen LogP contribution in [0.5, 0.6) is 0 Å². The Kier molecular flexibility index (Phi) is 2.45. The van der Waals surface area contributed by atoms with Crippen molar-refractivity contribution in [3.63, 3.8) is 0 Å². The number of piperidine rings is 2. The minimum absolute atomic E-state index is 0.346. The van der Waals surface area contributed by atoms with Crippen LogP contribution >= 0.6 is 0 Å². The molecule has 2 unspecified atom stereocenters. The van der Waals surface area contributed by atoms with Crippen molar-refractivity contribution in [2.75, 3.05) is 13.1 Å². The van der Waals surface area contributed by atoms with Crippen molar-refractivity contribution < 1.29 is 4.79 Å². The normalized spacial score (nSPS) is 37.3. The number of aldehydes is 1. The molecule has 0 spiro atoms. The Bertz CT molecular complexity index is 167. The lowest BCUT2D eigenvalue weighted by molar-refractivity contribution is -0.115. The summed E-state index contributed by atoms with van der Waals surface area (Å²) in [6, 6.07) is 0.602. The summed E-state index contributed by atoms with van der Waals surface area (Å²) in [5.41, 5.74) is 0. The number of carbonyl (C=O) groups excluding carboxylic acids is 1. The third kappa shape index (κ3) is 1.40. The molecular formula is C10H17NO. The third-order valence-electron chi connectivity index (χ3n) is 3.32. The molecule has 0 bridgehead atoms. The van der Waals surface area contributed by atoms with E-state index in [0.717, 1.165) is 6.42 Å². The van der Waals surface area contributed by atoms with Gasteiger partial charge in [0.2, 0.25) is 0 Å².